The van der Waals surface area contributed by atoms with Gasteiger partial charge in [0.15, 0.2) is 10.6 Å². The van der Waals surface area contributed by atoms with Gasteiger partial charge in [-0.15, -0.1) is 0 Å². The van der Waals surface area contributed by atoms with Gasteiger partial charge in [-0.3, -0.25) is 4.99 Å². The first-order valence-electron chi connectivity index (χ1n) is 8.80. The molecule has 1 aliphatic rings. The minimum atomic E-state index is 0.309. The predicted molar refractivity (Wildman–Crippen MR) is 109 cm³/mol. The summed E-state index contributed by atoms with van der Waals surface area (Å²) in [5.74, 6) is 2.61. The van der Waals surface area contributed by atoms with Crippen molar-refractivity contribution in [3.8, 4) is 0 Å². The second-order valence-electron chi connectivity index (χ2n) is 6.10. The lowest BCUT2D eigenvalue weighted by atomic mass is 10.3. The van der Waals surface area contributed by atoms with E-state index in [1.807, 2.05) is 24.3 Å². The van der Waals surface area contributed by atoms with Gasteiger partial charge >= 0.3 is 0 Å². The molecule has 1 unspecified atom stereocenters. The molecule has 1 atom stereocenters. The van der Waals surface area contributed by atoms with Crippen molar-refractivity contribution in [2.45, 2.75) is 25.8 Å². The van der Waals surface area contributed by atoms with E-state index < -0.39 is 0 Å². The Kier molecular flexibility index (Phi) is 6.80. The van der Waals surface area contributed by atoms with Crippen LogP contribution in [0.25, 0.3) is 0 Å². The van der Waals surface area contributed by atoms with Gasteiger partial charge in [0.25, 0.3) is 0 Å². The van der Waals surface area contributed by atoms with E-state index in [0.717, 1.165) is 54.7 Å². The Morgan fingerprint density at radius 1 is 1.46 bits per heavy atom. The third-order valence-electron chi connectivity index (χ3n) is 4.17. The number of hydrogen-bond donors (Lipinski definition) is 2. The highest BCUT2D eigenvalue weighted by Gasteiger charge is 2.25. The van der Waals surface area contributed by atoms with Crippen molar-refractivity contribution in [1.82, 2.24) is 15.6 Å². The van der Waals surface area contributed by atoms with E-state index in [-0.39, 0.29) is 0 Å². The molecule has 0 bridgehead atoms. The zero-order valence-electron chi connectivity index (χ0n) is 14.7. The number of pyridine rings is 1. The molecule has 2 N–H and O–H groups in total. The van der Waals surface area contributed by atoms with Crippen LogP contribution in [0.3, 0.4) is 0 Å². The Hall–Kier alpha value is -1.73. The minimum Gasteiger partial charge on any atom is -0.454 e. The first-order valence-corrected chi connectivity index (χ1v) is 9.97. The highest BCUT2D eigenvalue weighted by atomic mass is 79.9. The SMILES string of the molecule is CCNC(=NCCc1ccc(Br)o1)NC1CCN(c2ncccc2Cl)C1. The summed E-state index contributed by atoms with van der Waals surface area (Å²) in [7, 11) is 0. The average molecular weight is 441 g/mol. The molecule has 1 saturated heterocycles. The van der Waals surface area contributed by atoms with Gasteiger partial charge in [-0.05, 0) is 53.5 Å². The van der Waals surface area contributed by atoms with Crippen LogP contribution in [0.2, 0.25) is 5.02 Å². The van der Waals surface area contributed by atoms with Crippen LogP contribution in [0.1, 0.15) is 19.1 Å². The van der Waals surface area contributed by atoms with Crippen molar-refractivity contribution < 1.29 is 4.42 Å². The quantitative estimate of drug-likeness (QED) is 0.532. The maximum atomic E-state index is 6.26. The fourth-order valence-electron chi connectivity index (χ4n) is 2.96. The molecule has 2 aromatic heterocycles. The van der Waals surface area contributed by atoms with Crippen molar-refractivity contribution in [1.29, 1.82) is 0 Å². The fraction of sp³-hybridized carbons (Fsp3) is 0.444. The molecular formula is C18H23BrClN5O. The summed E-state index contributed by atoms with van der Waals surface area (Å²) in [5, 5.41) is 7.51. The largest absolute Gasteiger partial charge is 0.454 e. The molecule has 6 nitrogen and oxygen atoms in total. The molecule has 3 rings (SSSR count). The van der Waals surface area contributed by atoms with E-state index in [1.54, 1.807) is 6.20 Å². The van der Waals surface area contributed by atoms with Gasteiger partial charge in [-0.25, -0.2) is 4.98 Å². The Balaban J connectivity index is 1.54. The number of nitrogens with one attached hydrogen (secondary N) is 2. The van der Waals surface area contributed by atoms with Crippen LogP contribution < -0.4 is 15.5 Å². The normalized spacial score (nSPS) is 17.6. The summed E-state index contributed by atoms with van der Waals surface area (Å²) in [6.07, 6.45) is 3.56. The third-order valence-corrected chi connectivity index (χ3v) is 4.89. The summed E-state index contributed by atoms with van der Waals surface area (Å²) in [5.41, 5.74) is 0. The number of furan rings is 1. The number of guanidine groups is 1. The predicted octanol–water partition coefficient (Wildman–Crippen LogP) is 3.47. The van der Waals surface area contributed by atoms with Crippen LogP contribution in [-0.2, 0) is 6.42 Å². The molecule has 0 amide bonds. The Labute approximate surface area is 167 Å². The van der Waals surface area contributed by atoms with Crippen molar-refractivity contribution in [2.24, 2.45) is 4.99 Å². The lowest BCUT2D eigenvalue weighted by molar-refractivity contribution is 0.489. The Morgan fingerprint density at radius 3 is 3.08 bits per heavy atom. The van der Waals surface area contributed by atoms with E-state index in [2.05, 4.69) is 48.4 Å². The van der Waals surface area contributed by atoms with Gasteiger partial charge in [0.05, 0.1) is 5.02 Å². The Morgan fingerprint density at radius 2 is 2.35 bits per heavy atom. The Bertz CT molecular complexity index is 751. The molecule has 0 saturated carbocycles. The van der Waals surface area contributed by atoms with E-state index in [0.29, 0.717) is 17.6 Å². The number of halogens is 2. The van der Waals surface area contributed by atoms with Gasteiger partial charge in [-0.1, -0.05) is 11.6 Å². The molecule has 0 radical (unpaired) electrons. The summed E-state index contributed by atoms with van der Waals surface area (Å²) in [6, 6.07) is 7.90. The monoisotopic (exact) mass is 439 g/mol. The van der Waals surface area contributed by atoms with Gasteiger partial charge in [-0.2, -0.15) is 0 Å². The molecule has 0 aliphatic carbocycles. The van der Waals surface area contributed by atoms with Crippen molar-refractivity contribution in [3.05, 3.63) is 45.9 Å². The molecule has 8 heteroatoms. The summed E-state index contributed by atoms with van der Waals surface area (Å²) >= 11 is 9.58. The lowest BCUT2D eigenvalue weighted by Crippen LogP contribution is -2.44. The first kappa shape index (κ1) is 19.0. The molecule has 3 heterocycles. The van der Waals surface area contributed by atoms with Gasteiger partial charge in [0.1, 0.15) is 11.6 Å². The van der Waals surface area contributed by atoms with E-state index in [9.17, 15) is 0 Å². The standard InChI is InChI=1S/C18H23BrClN5O/c1-2-21-18(23-10-7-14-5-6-16(19)26-14)24-13-8-11-25(12-13)17-15(20)4-3-9-22-17/h3-6,9,13H,2,7-8,10-12H2,1H3,(H2,21,23,24). The fourth-order valence-corrected chi connectivity index (χ4v) is 3.54. The van der Waals surface area contributed by atoms with Crippen molar-refractivity contribution >= 4 is 39.3 Å². The molecule has 0 aromatic carbocycles. The smallest absolute Gasteiger partial charge is 0.191 e. The molecule has 140 valence electrons. The molecule has 0 spiro atoms. The highest BCUT2D eigenvalue weighted by molar-refractivity contribution is 9.10. The van der Waals surface area contributed by atoms with Crippen LogP contribution >= 0.6 is 27.5 Å². The number of rotatable bonds is 6. The third kappa shape index (κ3) is 5.14. The van der Waals surface area contributed by atoms with Crippen molar-refractivity contribution in [2.75, 3.05) is 31.1 Å². The second kappa shape index (κ2) is 9.28. The molecule has 1 aliphatic heterocycles. The van der Waals surface area contributed by atoms with Crippen LogP contribution in [0.5, 0.6) is 0 Å². The van der Waals surface area contributed by atoms with E-state index in [4.69, 9.17) is 16.0 Å². The van der Waals surface area contributed by atoms with Crippen LogP contribution in [0.4, 0.5) is 5.82 Å². The maximum Gasteiger partial charge on any atom is 0.191 e. The van der Waals surface area contributed by atoms with Crippen LogP contribution in [0.15, 0.2) is 44.5 Å². The second-order valence-corrected chi connectivity index (χ2v) is 7.29. The van der Waals surface area contributed by atoms with E-state index in [1.165, 1.54) is 0 Å². The number of nitrogens with zero attached hydrogens (tertiary/aromatic N) is 3. The van der Waals surface area contributed by atoms with Gasteiger partial charge in [0.2, 0.25) is 0 Å². The molecule has 26 heavy (non-hydrogen) atoms. The number of hydrogen-bond acceptors (Lipinski definition) is 4. The first-order chi connectivity index (χ1) is 12.7. The maximum absolute atomic E-state index is 6.26. The summed E-state index contributed by atoms with van der Waals surface area (Å²) < 4.78 is 6.26. The van der Waals surface area contributed by atoms with E-state index >= 15 is 0 Å². The molecule has 2 aromatic rings. The summed E-state index contributed by atoms with van der Waals surface area (Å²) in [6.45, 7) is 5.33. The minimum absolute atomic E-state index is 0.309. The molecule has 1 fully saturated rings. The van der Waals surface area contributed by atoms with Crippen LogP contribution in [-0.4, -0.2) is 43.2 Å². The number of aliphatic imine (C=N–C) groups is 1. The number of aromatic nitrogens is 1. The zero-order valence-corrected chi connectivity index (χ0v) is 17.1. The van der Waals surface area contributed by atoms with Gasteiger partial charge in [0, 0.05) is 44.8 Å². The number of anilines is 1. The average Bonchev–Trinajstić information content (AvgIpc) is 3.25. The highest BCUT2D eigenvalue weighted by Crippen LogP contribution is 2.25. The zero-order chi connectivity index (χ0) is 18.4. The molecular weight excluding hydrogens is 418 g/mol. The topological polar surface area (TPSA) is 65.7 Å². The van der Waals surface area contributed by atoms with Crippen molar-refractivity contribution in [3.63, 3.8) is 0 Å². The lowest BCUT2D eigenvalue weighted by Gasteiger charge is -2.20. The summed E-state index contributed by atoms with van der Waals surface area (Å²) in [4.78, 5) is 11.3. The van der Waals surface area contributed by atoms with Crippen LogP contribution in [0, 0.1) is 0 Å². The van der Waals surface area contributed by atoms with Gasteiger partial charge < -0.3 is 20.0 Å².